The van der Waals surface area contributed by atoms with Crippen LogP contribution in [-0.4, -0.2) is 45.7 Å². The van der Waals surface area contributed by atoms with Crippen molar-refractivity contribution in [1.82, 2.24) is 19.7 Å². The highest BCUT2D eigenvalue weighted by atomic mass is 32.2. The van der Waals surface area contributed by atoms with Gasteiger partial charge in [0, 0.05) is 0 Å². The number of rotatable bonds is 5. The fourth-order valence-corrected chi connectivity index (χ4v) is 2.75. The number of ether oxygens (including phenoxy) is 2. The van der Waals surface area contributed by atoms with Crippen LogP contribution in [0, 0.1) is 0 Å². The van der Waals surface area contributed by atoms with E-state index in [1.807, 2.05) is 12.1 Å². The lowest BCUT2D eigenvalue weighted by atomic mass is 10.3. The second-order valence-corrected chi connectivity index (χ2v) is 5.69. The summed E-state index contributed by atoms with van der Waals surface area (Å²) in [7, 11) is 2.89. The number of H-pyrrole nitrogens is 1. The molecule has 0 amide bonds. The Morgan fingerprint density at radius 3 is 2.71 bits per heavy atom. The Labute approximate surface area is 140 Å². The maximum absolute atomic E-state index is 12.2. The van der Waals surface area contributed by atoms with E-state index in [0.717, 1.165) is 23.2 Å². The van der Waals surface area contributed by atoms with Crippen LogP contribution < -0.4 is 10.3 Å². The van der Waals surface area contributed by atoms with Crippen LogP contribution in [0.4, 0.5) is 0 Å². The number of methoxy groups -OCH3 is 2. The van der Waals surface area contributed by atoms with Gasteiger partial charge in [-0.3, -0.25) is 9.59 Å². The standard InChI is InChI=1S/C15H14N4O4S/c1-22-10-5-3-9(4-6-10)19-13-11(7-16-19)14(21)18-15(17-13)24-8-12(20)23-2/h3-7H,8H2,1-2H3,(H,17,18,21). The maximum atomic E-state index is 12.2. The molecule has 0 aliphatic heterocycles. The average Bonchev–Trinajstić information content (AvgIpc) is 3.04. The Hall–Kier alpha value is -2.81. The summed E-state index contributed by atoms with van der Waals surface area (Å²) in [5, 5.41) is 4.92. The average molecular weight is 346 g/mol. The third-order valence-corrected chi connectivity index (χ3v) is 4.13. The number of carbonyl (C=O) groups is 1. The van der Waals surface area contributed by atoms with Gasteiger partial charge in [-0.25, -0.2) is 9.67 Å². The highest BCUT2D eigenvalue weighted by Gasteiger charge is 2.13. The number of fused-ring (bicyclic) bond motifs is 1. The SMILES string of the molecule is COC(=O)CSc1nc2c(cnn2-c2ccc(OC)cc2)c(=O)[nH]1. The summed E-state index contributed by atoms with van der Waals surface area (Å²) in [6.45, 7) is 0. The van der Waals surface area contributed by atoms with E-state index in [2.05, 4.69) is 19.8 Å². The maximum Gasteiger partial charge on any atom is 0.316 e. The molecule has 8 nitrogen and oxygen atoms in total. The molecule has 0 spiro atoms. The van der Waals surface area contributed by atoms with Gasteiger partial charge in [0.1, 0.15) is 11.1 Å². The number of esters is 1. The smallest absolute Gasteiger partial charge is 0.316 e. The van der Waals surface area contributed by atoms with Crippen LogP contribution in [0.2, 0.25) is 0 Å². The fraction of sp³-hybridized carbons (Fsp3) is 0.200. The largest absolute Gasteiger partial charge is 0.497 e. The predicted octanol–water partition coefficient (Wildman–Crippen LogP) is 1.38. The number of nitrogens with zero attached hydrogens (tertiary/aromatic N) is 3. The number of benzene rings is 1. The molecular weight excluding hydrogens is 332 g/mol. The molecule has 0 atom stereocenters. The van der Waals surface area contributed by atoms with Crippen molar-refractivity contribution in [3.63, 3.8) is 0 Å². The first-order chi connectivity index (χ1) is 11.6. The Balaban J connectivity index is 2.01. The number of hydrogen-bond donors (Lipinski definition) is 1. The molecule has 124 valence electrons. The van der Waals surface area contributed by atoms with E-state index in [9.17, 15) is 9.59 Å². The monoisotopic (exact) mass is 346 g/mol. The van der Waals surface area contributed by atoms with Gasteiger partial charge < -0.3 is 14.5 Å². The normalized spacial score (nSPS) is 10.8. The molecular formula is C15H14N4O4S. The fourth-order valence-electron chi connectivity index (χ4n) is 2.07. The Morgan fingerprint density at radius 1 is 1.29 bits per heavy atom. The van der Waals surface area contributed by atoms with Crippen LogP contribution in [0.3, 0.4) is 0 Å². The van der Waals surface area contributed by atoms with Gasteiger partial charge in [0.05, 0.1) is 31.9 Å². The molecule has 3 aromatic rings. The minimum absolute atomic E-state index is 0.0572. The summed E-state index contributed by atoms with van der Waals surface area (Å²) in [5.74, 6) is 0.378. The molecule has 1 N–H and O–H groups in total. The van der Waals surface area contributed by atoms with Crippen LogP contribution >= 0.6 is 11.8 Å². The molecule has 9 heteroatoms. The van der Waals surface area contributed by atoms with Gasteiger partial charge in [0.2, 0.25) is 0 Å². The molecule has 0 aliphatic rings. The van der Waals surface area contributed by atoms with Crippen molar-refractivity contribution in [3.8, 4) is 11.4 Å². The van der Waals surface area contributed by atoms with Gasteiger partial charge in [0.15, 0.2) is 10.8 Å². The summed E-state index contributed by atoms with van der Waals surface area (Å²) in [6, 6.07) is 7.22. The Bertz CT molecular complexity index is 933. The van der Waals surface area contributed by atoms with Crippen molar-refractivity contribution in [1.29, 1.82) is 0 Å². The molecule has 1 aromatic carbocycles. The van der Waals surface area contributed by atoms with Crippen molar-refractivity contribution >= 4 is 28.8 Å². The number of aromatic amines is 1. The topological polar surface area (TPSA) is 99.1 Å². The molecule has 0 aliphatic carbocycles. The van der Waals surface area contributed by atoms with E-state index in [1.165, 1.54) is 13.3 Å². The first-order valence-corrected chi connectivity index (χ1v) is 7.93. The zero-order valence-corrected chi connectivity index (χ0v) is 13.8. The number of aromatic nitrogens is 4. The first kappa shape index (κ1) is 16.1. The summed E-state index contributed by atoms with van der Waals surface area (Å²) in [4.78, 5) is 30.4. The molecule has 2 aromatic heterocycles. The van der Waals surface area contributed by atoms with E-state index < -0.39 is 5.97 Å². The van der Waals surface area contributed by atoms with E-state index in [1.54, 1.807) is 23.9 Å². The Morgan fingerprint density at radius 2 is 2.04 bits per heavy atom. The number of carbonyl (C=O) groups excluding carboxylic acids is 1. The van der Waals surface area contributed by atoms with Crippen LogP contribution in [0.1, 0.15) is 0 Å². The molecule has 24 heavy (non-hydrogen) atoms. The molecule has 0 saturated heterocycles. The molecule has 0 radical (unpaired) electrons. The first-order valence-electron chi connectivity index (χ1n) is 6.94. The van der Waals surface area contributed by atoms with Crippen LogP contribution in [-0.2, 0) is 9.53 Å². The Kier molecular flexibility index (Phi) is 4.52. The second-order valence-electron chi connectivity index (χ2n) is 4.73. The lowest BCUT2D eigenvalue weighted by Gasteiger charge is -2.05. The summed E-state index contributed by atoms with van der Waals surface area (Å²) in [6.07, 6.45) is 1.46. The molecule has 0 fully saturated rings. The van der Waals surface area contributed by atoms with Crippen LogP contribution in [0.5, 0.6) is 5.75 Å². The minimum atomic E-state index is -0.397. The zero-order chi connectivity index (χ0) is 17.1. The van der Waals surface area contributed by atoms with Crippen LogP contribution in [0.15, 0.2) is 40.4 Å². The molecule has 0 unspecified atom stereocenters. The predicted molar refractivity (Wildman–Crippen MR) is 88.8 cm³/mol. The van der Waals surface area contributed by atoms with E-state index in [4.69, 9.17) is 4.74 Å². The van der Waals surface area contributed by atoms with Crippen molar-refractivity contribution in [2.45, 2.75) is 5.16 Å². The van der Waals surface area contributed by atoms with Gasteiger partial charge in [-0.15, -0.1) is 0 Å². The van der Waals surface area contributed by atoms with E-state index in [-0.39, 0.29) is 11.3 Å². The highest BCUT2D eigenvalue weighted by Crippen LogP contribution is 2.19. The van der Waals surface area contributed by atoms with Gasteiger partial charge in [-0.1, -0.05) is 11.8 Å². The van der Waals surface area contributed by atoms with Crippen molar-refractivity contribution in [2.24, 2.45) is 0 Å². The number of nitrogens with one attached hydrogen (secondary N) is 1. The summed E-state index contributed by atoms with van der Waals surface area (Å²) >= 11 is 1.09. The third kappa shape index (κ3) is 3.11. The summed E-state index contributed by atoms with van der Waals surface area (Å²) < 4.78 is 11.3. The van der Waals surface area contributed by atoms with Gasteiger partial charge in [-0.05, 0) is 24.3 Å². The third-order valence-electron chi connectivity index (χ3n) is 3.29. The summed E-state index contributed by atoms with van der Waals surface area (Å²) in [5.41, 5.74) is 0.844. The zero-order valence-electron chi connectivity index (χ0n) is 13.0. The van der Waals surface area contributed by atoms with Gasteiger partial charge in [-0.2, -0.15) is 5.10 Å². The molecule has 0 bridgehead atoms. The second kappa shape index (κ2) is 6.75. The van der Waals surface area contributed by atoms with Crippen LogP contribution in [0.25, 0.3) is 16.7 Å². The molecule has 2 heterocycles. The lowest BCUT2D eigenvalue weighted by Crippen LogP contribution is -2.11. The van der Waals surface area contributed by atoms with Crippen molar-refractivity contribution in [3.05, 3.63) is 40.8 Å². The number of hydrogen-bond acceptors (Lipinski definition) is 7. The van der Waals surface area contributed by atoms with E-state index in [0.29, 0.717) is 16.2 Å². The minimum Gasteiger partial charge on any atom is -0.497 e. The quantitative estimate of drug-likeness (QED) is 0.423. The highest BCUT2D eigenvalue weighted by molar-refractivity contribution is 7.99. The van der Waals surface area contributed by atoms with Gasteiger partial charge in [0.25, 0.3) is 5.56 Å². The molecule has 3 rings (SSSR count). The molecule has 0 saturated carbocycles. The van der Waals surface area contributed by atoms with Crippen molar-refractivity contribution in [2.75, 3.05) is 20.0 Å². The number of thioether (sulfide) groups is 1. The van der Waals surface area contributed by atoms with Crippen molar-refractivity contribution < 1.29 is 14.3 Å². The van der Waals surface area contributed by atoms with E-state index >= 15 is 0 Å². The van der Waals surface area contributed by atoms with Gasteiger partial charge >= 0.3 is 5.97 Å². The lowest BCUT2D eigenvalue weighted by molar-refractivity contribution is -0.137.